The number of nitrogens with zero attached hydrogens (tertiary/aromatic N) is 1. The van der Waals surface area contributed by atoms with E-state index >= 15 is 0 Å². The summed E-state index contributed by atoms with van der Waals surface area (Å²) in [6.45, 7) is 6.23. The molecule has 1 aromatic heterocycles. The number of hydrogen-bond donors (Lipinski definition) is 2. The second kappa shape index (κ2) is 7.06. The lowest BCUT2D eigenvalue weighted by Crippen LogP contribution is -2.35. The van der Waals surface area contributed by atoms with Crippen LogP contribution in [0, 0.1) is 0 Å². The van der Waals surface area contributed by atoms with Crippen molar-refractivity contribution in [2.24, 2.45) is 0 Å². The van der Waals surface area contributed by atoms with Crippen LogP contribution < -0.4 is 10.6 Å². The Morgan fingerprint density at radius 1 is 1.43 bits per heavy atom. The Bertz CT molecular complexity index is 543. The molecule has 132 valence electrons. The van der Waals surface area contributed by atoms with Crippen LogP contribution in [0.25, 0.3) is 0 Å². The fourth-order valence-corrected chi connectivity index (χ4v) is 2.17. The number of nitrogens with one attached hydrogen (secondary N) is 2. The lowest BCUT2D eigenvalue weighted by atomic mass is 10.1. The zero-order valence-electron chi connectivity index (χ0n) is 12.9. The van der Waals surface area contributed by atoms with Crippen LogP contribution in [0.2, 0.25) is 0 Å². The Labute approximate surface area is 137 Å². The second-order valence-electron chi connectivity index (χ2n) is 6.11. The van der Waals surface area contributed by atoms with E-state index in [0.717, 1.165) is 0 Å². The molecule has 1 aromatic rings. The van der Waals surface area contributed by atoms with Crippen LogP contribution in [0.4, 0.5) is 19.1 Å². The molecule has 2 N–H and O–H groups in total. The van der Waals surface area contributed by atoms with E-state index in [9.17, 15) is 18.0 Å². The molecule has 2 rings (SSSR count). The van der Waals surface area contributed by atoms with Gasteiger partial charge in [-0.2, -0.15) is 13.2 Å². The van der Waals surface area contributed by atoms with E-state index in [-0.39, 0.29) is 30.0 Å². The number of halogens is 4. The Hall–Kier alpha value is -1.32. The summed E-state index contributed by atoms with van der Waals surface area (Å²) in [6, 6.07) is 0.0995. The first-order chi connectivity index (χ1) is 10.0. The molecule has 1 amide bonds. The van der Waals surface area contributed by atoms with Crippen LogP contribution >= 0.6 is 12.4 Å². The number of ether oxygens (including phenoxy) is 1. The number of rotatable bonds is 3. The van der Waals surface area contributed by atoms with Crippen LogP contribution in [-0.4, -0.2) is 35.4 Å². The highest BCUT2D eigenvalue weighted by atomic mass is 35.5. The summed E-state index contributed by atoms with van der Waals surface area (Å²) in [6.07, 6.45) is -4.30. The molecule has 0 bridgehead atoms. The minimum atomic E-state index is -4.61. The van der Waals surface area contributed by atoms with Gasteiger partial charge in [-0.25, -0.2) is 0 Å². The van der Waals surface area contributed by atoms with Crippen molar-refractivity contribution < 1.29 is 27.2 Å². The molecular formula is C13H19ClF3N3O3. The molecule has 2 atom stereocenters. The third kappa shape index (κ3) is 5.67. The van der Waals surface area contributed by atoms with Gasteiger partial charge < -0.3 is 14.6 Å². The van der Waals surface area contributed by atoms with Gasteiger partial charge in [-0.3, -0.25) is 10.1 Å². The molecule has 1 aliphatic heterocycles. The molecule has 1 saturated heterocycles. The van der Waals surface area contributed by atoms with Gasteiger partial charge in [0.1, 0.15) is 0 Å². The quantitative estimate of drug-likeness (QED) is 0.869. The van der Waals surface area contributed by atoms with Gasteiger partial charge in [0, 0.05) is 12.6 Å². The monoisotopic (exact) mass is 357 g/mol. The first-order valence-electron chi connectivity index (χ1n) is 6.80. The van der Waals surface area contributed by atoms with E-state index in [0.29, 0.717) is 19.0 Å². The molecule has 2 heterocycles. The summed E-state index contributed by atoms with van der Waals surface area (Å²) in [4.78, 5) is 12.0. The molecule has 0 saturated carbocycles. The maximum absolute atomic E-state index is 12.4. The van der Waals surface area contributed by atoms with Gasteiger partial charge in [0.2, 0.25) is 11.8 Å². The number of aromatic nitrogens is 1. The zero-order valence-corrected chi connectivity index (χ0v) is 13.7. The third-order valence-electron chi connectivity index (χ3n) is 2.97. The van der Waals surface area contributed by atoms with Gasteiger partial charge in [0.15, 0.2) is 5.69 Å². The number of carbonyl (C=O) groups is 1. The molecule has 1 fully saturated rings. The van der Waals surface area contributed by atoms with Crippen LogP contribution in [0.5, 0.6) is 0 Å². The predicted molar refractivity (Wildman–Crippen MR) is 78.4 cm³/mol. The first kappa shape index (κ1) is 19.7. The molecule has 6 nitrogen and oxygen atoms in total. The molecule has 23 heavy (non-hydrogen) atoms. The third-order valence-corrected chi connectivity index (χ3v) is 2.97. The van der Waals surface area contributed by atoms with Crippen molar-refractivity contribution in [2.75, 3.05) is 11.9 Å². The fraction of sp³-hybridized carbons (Fsp3) is 0.692. The highest BCUT2D eigenvalue weighted by molar-refractivity contribution is 5.94. The number of alkyl halides is 3. The van der Waals surface area contributed by atoms with E-state index in [1.165, 1.54) is 0 Å². The van der Waals surface area contributed by atoms with Crippen molar-refractivity contribution in [1.82, 2.24) is 10.5 Å². The summed E-state index contributed by atoms with van der Waals surface area (Å²) in [5.74, 6) is -0.816. The van der Waals surface area contributed by atoms with Crippen molar-refractivity contribution in [3.05, 3.63) is 11.8 Å². The molecule has 1 aliphatic rings. The zero-order chi connectivity index (χ0) is 16.5. The minimum Gasteiger partial charge on any atom is -0.371 e. The van der Waals surface area contributed by atoms with E-state index in [4.69, 9.17) is 4.74 Å². The molecule has 10 heteroatoms. The van der Waals surface area contributed by atoms with E-state index < -0.39 is 23.8 Å². The lowest BCUT2D eigenvalue weighted by Gasteiger charge is -2.24. The topological polar surface area (TPSA) is 76.4 Å². The van der Waals surface area contributed by atoms with Crippen molar-refractivity contribution >= 4 is 24.2 Å². The van der Waals surface area contributed by atoms with Gasteiger partial charge in [-0.05, 0) is 27.2 Å². The van der Waals surface area contributed by atoms with Gasteiger partial charge in [0.25, 0.3) is 0 Å². The average Bonchev–Trinajstić information content (AvgIpc) is 2.95. The predicted octanol–water partition coefficient (Wildman–Crippen LogP) is 2.60. The van der Waals surface area contributed by atoms with Gasteiger partial charge >= 0.3 is 6.18 Å². The number of anilines is 1. The minimum absolute atomic E-state index is 0. The van der Waals surface area contributed by atoms with Crippen molar-refractivity contribution in [3.8, 4) is 0 Å². The molecule has 0 aromatic carbocycles. The largest absolute Gasteiger partial charge is 0.436 e. The maximum Gasteiger partial charge on any atom is 0.436 e. The first-order valence-corrected chi connectivity index (χ1v) is 6.80. The van der Waals surface area contributed by atoms with E-state index in [1.54, 1.807) is 0 Å². The average molecular weight is 358 g/mol. The summed E-state index contributed by atoms with van der Waals surface area (Å²) in [7, 11) is 0. The number of carbonyl (C=O) groups excluding carboxylic acids is 1. The van der Waals surface area contributed by atoms with E-state index in [1.807, 2.05) is 20.8 Å². The molecule has 0 unspecified atom stereocenters. The molecule has 0 aliphatic carbocycles. The van der Waals surface area contributed by atoms with Gasteiger partial charge in [-0.1, -0.05) is 5.16 Å². The smallest absolute Gasteiger partial charge is 0.371 e. The Balaban J connectivity index is 0.00000264. The summed E-state index contributed by atoms with van der Waals surface area (Å²) in [5.41, 5.74) is -1.51. The summed E-state index contributed by atoms with van der Waals surface area (Å²) in [5, 5.41) is 8.11. The summed E-state index contributed by atoms with van der Waals surface area (Å²) < 4.78 is 47.4. The lowest BCUT2D eigenvalue weighted by molar-refractivity contribution is -0.142. The molecular weight excluding hydrogens is 339 g/mol. The fourth-order valence-electron chi connectivity index (χ4n) is 2.17. The SMILES string of the molecule is CC(C)(C)O[C@H]1CN[C@H](C(=O)Nc2cc(C(F)(F)F)no2)C1.Cl. The van der Waals surface area contributed by atoms with Crippen molar-refractivity contribution in [3.63, 3.8) is 0 Å². The second-order valence-corrected chi connectivity index (χ2v) is 6.11. The van der Waals surface area contributed by atoms with Crippen LogP contribution in [0.3, 0.4) is 0 Å². The highest BCUT2D eigenvalue weighted by Gasteiger charge is 2.36. The van der Waals surface area contributed by atoms with Crippen molar-refractivity contribution in [1.29, 1.82) is 0 Å². The Kier molecular flexibility index (Phi) is 6.06. The van der Waals surface area contributed by atoms with Gasteiger partial charge in [-0.15, -0.1) is 12.4 Å². The van der Waals surface area contributed by atoms with Crippen LogP contribution in [0.1, 0.15) is 32.9 Å². The Morgan fingerprint density at radius 3 is 2.61 bits per heavy atom. The van der Waals surface area contributed by atoms with E-state index in [2.05, 4.69) is 20.3 Å². The molecule has 0 spiro atoms. The highest BCUT2D eigenvalue weighted by Crippen LogP contribution is 2.30. The molecule has 0 radical (unpaired) electrons. The van der Waals surface area contributed by atoms with Gasteiger partial charge in [0.05, 0.1) is 17.7 Å². The summed E-state index contributed by atoms with van der Waals surface area (Å²) >= 11 is 0. The number of amides is 1. The van der Waals surface area contributed by atoms with Crippen LogP contribution in [0.15, 0.2) is 10.6 Å². The normalized spacial score (nSPS) is 21.8. The van der Waals surface area contributed by atoms with Crippen molar-refractivity contribution in [2.45, 2.75) is 51.1 Å². The van der Waals surface area contributed by atoms with Crippen LogP contribution in [-0.2, 0) is 15.7 Å². The number of hydrogen-bond acceptors (Lipinski definition) is 5. The maximum atomic E-state index is 12.4. The standard InChI is InChI=1S/C13H18F3N3O3.ClH/c1-12(2,3)21-7-4-8(17-6-7)11(20)18-10-5-9(19-22-10)13(14,15)16;/h5,7-8,17H,4,6H2,1-3H3,(H,18,20);1H/t7-,8+;/m1./s1. The Morgan fingerprint density at radius 2 is 2.09 bits per heavy atom.